The van der Waals surface area contributed by atoms with Crippen molar-refractivity contribution in [3.05, 3.63) is 59.7 Å². The van der Waals surface area contributed by atoms with Gasteiger partial charge in [0.2, 0.25) is 0 Å². The van der Waals surface area contributed by atoms with Gasteiger partial charge in [-0.3, -0.25) is 0 Å². The second-order valence-electron chi connectivity index (χ2n) is 6.41. The molecule has 1 aromatic carbocycles. The molecule has 2 unspecified atom stereocenters. The summed E-state index contributed by atoms with van der Waals surface area (Å²) in [5.41, 5.74) is 3.89. The summed E-state index contributed by atoms with van der Waals surface area (Å²) in [6.45, 7) is 2.43. The number of rotatable bonds is 0. The van der Waals surface area contributed by atoms with E-state index in [4.69, 9.17) is 0 Å². The Labute approximate surface area is 109 Å². The lowest BCUT2D eigenvalue weighted by atomic mass is 9.65. The second kappa shape index (κ2) is 3.38. The molecule has 0 aliphatic heterocycles. The molecular formula is C18H20. The predicted molar refractivity (Wildman–Crippen MR) is 75.7 cm³/mol. The number of hydrogen-bond acceptors (Lipinski definition) is 0. The van der Waals surface area contributed by atoms with Crippen molar-refractivity contribution < 1.29 is 0 Å². The Hall–Kier alpha value is -1.30. The molecule has 1 spiro atoms. The molecule has 0 amide bonds. The van der Waals surface area contributed by atoms with Gasteiger partial charge in [0.15, 0.2) is 0 Å². The quantitative estimate of drug-likeness (QED) is 0.621. The highest BCUT2D eigenvalue weighted by molar-refractivity contribution is 5.54. The van der Waals surface area contributed by atoms with Crippen LogP contribution in [0.4, 0.5) is 0 Å². The van der Waals surface area contributed by atoms with Crippen molar-refractivity contribution >= 4 is 0 Å². The maximum Gasteiger partial charge on any atom is 0.0181 e. The minimum atomic E-state index is 0.232. The maximum absolute atomic E-state index is 2.48. The lowest BCUT2D eigenvalue weighted by Gasteiger charge is -2.38. The Balaban J connectivity index is 2.01. The Bertz CT molecular complexity index is 543. The van der Waals surface area contributed by atoms with Crippen molar-refractivity contribution in [2.24, 2.45) is 5.92 Å². The molecule has 0 radical (unpaired) electrons. The third kappa shape index (κ3) is 1.07. The van der Waals surface area contributed by atoms with Gasteiger partial charge in [0, 0.05) is 10.8 Å². The van der Waals surface area contributed by atoms with Gasteiger partial charge in [0.05, 0.1) is 0 Å². The van der Waals surface area contributed by atoms with Crippen LogP contribution in [0.1, 0.15) is 43.7 Å². The fourth-order valence-corrected chi connectivity index (χ4v) is 4.89. The van der Waals surface area contributed by atoms with Crippen LogP contribution in [0.5, 0.6) is 0 Å². The summed E-state index contributed by atoms with van der Waals surface area (Å²) in [4.78, 5) is 0. The van der Waals surface area contributed by atoms with Gasteiger partial charge < -0.3 is 0 Å². The molecule has 1 fully saturated rings. The highest BCUT2D eigenvalue weighted by Gasteiger charge is 2.56. The molecule has 0 heterocycles. The van der Waals surface area contributed by atoms with Crippen LogP contribution >= 0.6 is 0 Å². The van der Waals surface area contributed by atoms with E-state index in [0.717, 1.165) is 0 Å². The van der Waals surface area contributed by atoms with Gasteiger partial charge in [-0.25, -0.2) is 0 Å². The van der Waals surface area contributed by atoms with E-state index in [2.05, 4.69) is 55.5 Å². The summed E-state index contributed by atoms with van der Waals surface area (Å²) in [6.07, 6.45) is 15.0. The van der Waals surface area contributed by atoms with E-state index in [-0.39, 0.29) is 5.41 Å². The Morgan fingerprint density at radius 2 is 1.72 bits per heavy atom. The summed E-state index contributed by atoms with van der Waals surface area (Å²) in [6, 6.07) is 9.19. The zero-order chi connectivity index (χ0) is 12.2. The SMILES string of the molecule is CC12C=CC=CC1C1(CCCC1)c1ccccc12. The molecule has 0 N–H and O–H groups in total. The molecule has 1 saturated carbocycles. The summed E-state index contributed by atoms with van der Waals surface area (Å²) < 4.78 is 0. The first-order chi connectivity index (χ1) is 8.77. The summed E-state index contributed by atoms with van der Waals surface area (Å²) in [5.74, 6) is 0.676. The Morgan fingerprint density at radius 3 is 2.50 bits per heavy atom. The number of allylic oxidation sites excluding steroid dienone is 4. The van der Waals surface area contributed by atoms with Gasteiger partial charge in [-0.05, 0) is 29.9 Å². The molecule has 3 aliphatic rings. The van der Waals surface area contributed by atoms with E-state index < -0.39 is 0 Å². The fourth-order valence-electron chi connectivity index (χ4n) is 4.89. The van der Waals surface area contributed by atoms with Crippen LogP contribution in [-0.4, -0.2) is 0 Å². The molecule has 0 bridgehead atoms. The Morgan fingerprint density at radius 1 is 1.00 bits per heavy atom. The first kappa shape index (κ1) is 10.6. The van der Waals surface area contributed by atoms with Gasteiger partial charge in [0.1, 0.15) is 0 Å². The van der Waals surface area contributed by atoms with Crippen LogP contribution in [-0.2, 0) is 10.8 Å². The van der Waals surface area contributed by atoms with Crippen molar-refractivity contribution in [1.82, 2.24) is 0 Å². The van der Waals surface area contributed by atoms with E-state index in [0.29, 0.717) is 11.3 Å². The Kier molecular flexibility index (Phi) is 1.99. The van der Waals surface area contributed by atoms with Gasteiger partial charge in [0.25, 0.3) is 0 Å². The average molecular weight is 236 g/mol. The van der Waals surface area contributed by atoms with Crippen molar-refractivity contribution in [3.63, 3.8) is 0 Å². The van der Waals surface area contributed by atoms with Crippen LogP contribution in [0.2, 0.25) is 0 Å². The fraction of sp³-hybridized carbons (Fsp3) is 0.444. The summed E-state index contributed by atoms with van der Waals surface area (Å²) in [5, 5.41) is 0. The van der Waals surface area contributed by atoms with Gasteiger partial charge >= 0.3 is 0 Å². The minimum Gasteiger partial charge on any atom is -0.0793 e. The number of hydrogen-bond donors (Lipinski definition) is 0. The molecule has 3 aliphatic carbocycles. The van der Waals surface area contributed by atoms with Crippen LogP contribution in [0, 0.1) is 5.92 Å². The van der Waals surface area contributed by atoms with Crippen molar-refractivity contribution in [1.29, 1.82) is 0 Å². The lowest BCUT2D eigenvalue weighted by molar-refractivity contribution is 0.283. The van der Waals surface area contributed by atoms with Gasteiger partial charge in [-0.15, -0.1) is 0 Å². The number of fused-ring (bicyclic) bond motifs is 5. The zero-order valence-corrected chi connectivity index (χ0v) is 11.0. The van der Waals surface area contributed by atoms with E-state index in [1.807, 2.05) is 0 Å². The standard InChI is InChI=1S/C18H20/c1-17-11-5-4-10-16(17)18(12-6-7-13-18)15-9-3-2-8-14(15)17/h2-5,8-11,16H,6-7,12-13H2,1H3. The van der Waals surface area contributed by atoms with Crippen LogP contribution < -0.4 is 0 Å². The first-order valence-electron chi connectivity index (χ1n) is 7.23. The maximum atomic E-state index is 2.48. The van der Waals surface area contributed by atoms with Crippen molar-refractivity contribution in [2.75, 3.05) is 0 Å². The molecular weight excluding hydrogens is 216 g/mol. The molecule has 0 saturated heterocycles. The lowest BCUT2D eigenvalue weighted by Crippen LogP contribution is -2.36. The predicted octanol–water partition coefficient (Wildman–Crippen LogP) is 4.51. The average Bonchev–Trinajstić information content (AvgIpc) is 2.96. The van der Waals surface area contributed by atoms with E-state index in [1.54, 1.807) is 11.1 Å². The molecule has 0 aromatic heterocycles. The highest BCUT2D eigenvalue weighted by atomic mass is 14.6. The largest absolute Gasteiger partial charge is 0.0793 e. The minimum absolute atomic E-state index is 0.232. The topological polar surface area (TPSA) is 0 Å². The summed E-state index contributed by atoms with van der Waals surface area (Å²) in [7, 11) is 0. The van der Waals surface area contributed by atoms with Gasteiger partial charge in [-0.1, -0.05) is 68.3 Å². The first-order valence-corrected chi connectivity index (χ1v) is 7.23. The third-order valence-electron chi connectivity index (χ3n) is 5.64. The van der Waals surface area contributed by atoms with Crippen LogP contribution in [0.25, 0.3) is 0 Å². The summed E-state index contributed by atoms with van der Waals surface area (Å²) >= 11 is 0. The molecule has 0 nitrogen and oxygen atoms in total. The number of benzene rings is 1. The highest BCUT2D eigenvalue weighted by Crippen LogP contribution is 2.62. The molecule has 18 heavy (non-hydrogen) atoms. The zero-order valence-electron chi connectivity index (χ0n) is 11.0. The molecule has 1 aromatic rings. The van der Waals surface area contributed by atoms with Crippen molar-refractivity contribution in [3.8, 4) is 0 Å². The van der Waals surface area contributed by atoms with Gasteiger partial charge in [-0.2, -0.15) is 0 Å². The normalized spacial score (nSPS) is 34.8. The third-order valence-corrected chi connectivity index (χ3v) is 5.64. The van der Waals surface area contributed by atoms with E-state index in [1.165, 1.54) is 25.7 Å². The molecule has 0 heteroatoms. The molecule has 2 atom stereocenters. The second-order valence-corrected chi connectivity index (χ2v) is 6.41. The van der Waals surface area contributed by atoms with E-state index >= 15 is 0 Å². The molecule has 4 rings (SSSR count). The van der Waals surface area contributed by atoms with Crippen LogP contribution in [0.3, 0.4) is 0 Å². The van der Waals surface area contributed by atoms with E-state index in [9.17, 15) is 0 Å². The van der Waals surface area contributed by atoms with Crippen LogP contribution in [0.15, 0.2) is 48.6 Å². The molecule has 92 valence electrons. The smallest absolute Gasteiger partial charge is 0.0181 e. The van der Waals surface area contributed by atoms with Crippen molar-refractivity contribution in [2.45, 2.75) is 43.4 Å². The monoisotopic (exact) mass is 236 g/mol.